The molecular weight excluding hydrogens is 328 g/mol. The molecule has 4 nitrogen and oxygen atoms in total. The van der Waals surface area contributed by atoms with E-state index in [4.69, 9.17) is 9.47 Å². The van der Waals surface area contributed by atoms with E-state index in [2.05, 4.69) is 6.92 Å². The minimum atomic E-state index is -0.382. The van der Waals surface area contributed by atoms with Crippen molar-refractivity contribution in [2.24, 2.45) is 0 Å². The summed E-state index contributed by atoms with van der Waals surface area (Å²) in [4.78, 5) is 21.3. The largest absolute Gasteiger partial charge is 0.464 e. The van der Waals surface area contributed by atoms with Crippen LogP contribution in [0.5, 0.6) is 0 Å². The number of unbranched alkanes of at least 4 members (excludes halogenated alkanes) is 15. The van der Waals surface area contributed by atoms with Gasteiger partial charge in [-0.1, -0.05) is 103 Å². The Kier molecular flexibility index (Phi) is 21.4. The summed E-state index contributed by atoms with van der Waals surface area (Å²) >= 11 is 0. The van der Waals surface area contributed by atoms with Crippen molar-refractivity contribution in [3.8, 4) is 0 Å². The van der Waals surface area contributed by atoms with Crippen LogP contribution in [-0.4, -0.2) is 32.1 Å². The highest BCUT2D eigenvalue weighted by atomic mass is 16.6. The lowest BCUT2D eigenvalue weighted by Gasteiger charge is -2.05. The van der Waals surface area contributed by atoms with E-state index in [0.29, 0.717) is 12.9 Å². The Labute approximate surface area is 161 Å². The van der Waals surface area contributed by atoms with Crippen LogP contribution in [0.3, 0.4) is 0 Å². The quantitative estimate of drug-likeness (QED) is 0.141. The predicted octanol–water partition coefficient (Wildman–Crippen LogP) is 6.01. The van der Waals surface area contributed by atoms with E-state index >= 15 is 0 Å². The molecule has 4 heteroatoms. The van der Waals surface area contributed by atoms with Gasteiger partial charge in [-0.05, 0) is 6.42 Å². The second kappa shape index (κ2) is 22.1. The molecule has 0 heterocycles. The van der Waals surface area contributed by atoms with Crippen LogP contribution in [0.1, 0.15) is 110 Å². The van der Waals surface area contributed by atoms with Crippen molar-refractivity contribution in [1.82, 2.24) is 0 Å². The molecule has 0 aromatic heterocycles. The molecule has 0 spiro atoms. The molecular formula is C22H42O4. The second-order valence-electron chi connectivity index (χ2n) is 7.21. The molecule has 0 aromatic rings. The summed E-state index contributed by atoms with van der Waals surface area (Å²) in [6.45, 7) is 2.56. The Hall–Kier alpha value is -0.900. The number of hydrogen-bond donors (Lipinski definition) is 0. The fourth-order valence-electron chi connectivity index (χ4n) is 3.07. The first-order chi connectivity index (χ1) is 12.8. The predicted molar refractivity (Wildman–Crippen MR) is 107 cm³/mol. The van der Waals surface area contributed by atoms with Gasteiger partial charge in [0.25, 0.3) is 0 Å². The summed E-state index contributed by atoms with van der Waals surface area (Å²) < 4.78 is 9.81. The maximum absolute atomic E-state index is 11.2. The Morgan fingerprint density at radius 1 is 0.692 bits per heavy atom. The van der Waals surface area contributed by atoms with Crippen molar-refractivity contribution < 1.29 is 19.1 Å². The third-order valence-corrected chi connectivity index (χ3v) is 4.67. The van der Waals surface area contributed by atoms with Gasteiger partial charge in [0.1, 0.15) is 19.5 Å². The fourth-order valence-corrected chi connectivity index (χ4v) is 3.07. The van der Waals surface area contributed by atoms with Gasteiger partial charge in [0.15, 0.2) is 0 Å². The van der Waals surface area contributed by atoms with E-state index in [-0.39, 0.29) is 19.2 Å². The van der Waals surface area contributed by atoms with Gasteiger partial charge in [0.05, 0.1) is 6.61 Å². The minimum Gasteiger partial charge on any atom is -0.464 e. The molecule has 0 aliphatic rings. The van der Waals surface area contributed by atoms with Crippen molar-refractivity contribution in [2.75, 3.05) is 19.8 Å². The smallest absolute Gasteiger partial charge is 0.332 e. The fraction of sp³-hybridized carbons (Fsp3) is 0.909. The Morgan fingerprint density at radius 3 is 1.54 bits per heavy atom. The molecule has 0 amide bonds. The summed E-state index contributed by atoms with van der Waals surface area (Å²) in [6, 6.07) is 0. The average Bonchev–Trinajstić information content (AvgIpc) is 2.64. The third kappa shape index (κ3) is 21.1. The zero-order valence-corrected chi connectivity index (χ0v) is 17.1. The molecule has 154 valence electrons. The van der Waals surface area contributed by atoms with E-state index in [9.17, 15) is 9.59 Å². The molecule has 0 aliphatic heterocycles. The van der Waals surface area contributed by atoms with Gasteiger partial charge in [-0.2, -0.15) is 0 Å². The summed E-state index contributed by atoms with van der Waals surface area (Å²) in [5, 5.41) is 0. The molecule has 0 unspecified atom stereocenters. The molecule has 0 atom stereocenters. The number of ether oxygens (including phenoxy) is 2. The molecule has 0 aromatic carbocycles. The highest BCUT2D eigenvalue weighted by molar-refractivity contribution is 5.70. The van der Waals surface area contributed by atoms with E-state index in [1.165, 1.54) is 89.9 Å². The molecule has 0 bridgehead atoms. The molecule has 0 rings (SSSR count). The van der Waals surface area contributed by atoms with E-state index in [0.717, 1.165) is 12.8 Å². The van der Waals surface area contributed by atoms with E-state index in [1.807, 2.05) is 0 Å². The van der Waals surface area contributed by atoms with E-state index < -0.39 is 0 Å². The first-order valence-corrected chi connectivity index (χ1v) is 11.0. The lowest BCUT2D eigenvalue weighted by molar-refractivity contribution is -0.149. The van der Waals surface area contributed by atoms with Crippen LogP contribution in [0.4, 0.5) is 0 Å². The Balaban J connectivity index is 3.07. The monoisotopic (exact) mass is 370 g/mol. The van der Waals surface area contributed by atoms with E-state index in [1.54, 1.807) is 0 Å². The summed E-state index contributed by atoms with van der Waals surface area (Å²) in [7, 11) is 0. The van der Waals surface area contributed by atoms with Gasteiger partial charge >= 0.3 is 5.97 Å². The van der Waals surface area contributed by atoms with Gasteiger partial charge in [-0.3, -0.25) is 0 Å². The van der Waals surface area contributed by atoms with Crippen molar-refractivity contribution in [2.45, 2.75) is 110 Å². The van der Waals surface area contributed by atoms with Crippen molar-refractivity contribution >= 4 is 12.3 Å². The van der Waals surface area contributed by atoms with Crippen LogP contribution < -0.4 is 0 Å². The zero-order chi connectivity index (χ0) is 19.1. The van der Waals surface area contributed by atoms with Crippen molar-refractivity contribution in [3.05, 3.63) is 0 Å². The highest BCUT2D eigenvalue weighted by Crippen LogP contribution is 2.13. The molecule has 0 saturated carbocycles. The number of hydrogen-bond acceptors (Lipinski definition) is 4. The van der Waals surface area contributed by atoms with Crippen LogP contribution in [-0.2, 0) is 19.1 Å². The summed E-state index contributed by atoms with van der Waals surface area (Å²) in [5.74, 6) is -0.382. The maximum Gasteiger partial charge on any atom is 0.332 e. The zero-order valence-electron chi connectivity index (χ0n) is 17.1. The third-order valence-electron chi connectivity index (χ3n) is 4.67. The van der Waals surface area contributed by atoms with Crippen LogP contribution in [0, 0.1) is 0 Å². The van der Waals surface area contributed by atoms with Gasteiger partial charge in [0.2, 0.25) is 0 Å². The molecule has 0 N–H and O–H groups in total. The SMILES string of the molecule is CCCCCCCCCCCCCCCCCCOC(=O)COCC=O. The number of carbonyl (C=O) groups is 2. The number of aldehydes is 1. The number of esters is 1. The maximum atomic E-state index is 11.2. The minimum absolute atomic E-state index is 0.0475. The molecule has 26 heavy (non-hydrogen) atoms. The molecule has 0 aliphatic carbocycles. The second-order valence-corrected chi connectivity index (χ2v) is 7.21. The van der Waals surface area contributed by atoms with Gasteiger partial charge in [-0.15, -0.1) is 0 Å². The van der Waals surface area contributed by atoms with Crippen LogP contribution in [0.25, 0.3) is 0 Å². The van der Waals surface area contributed by atoms with Crippen molar-refractivity contribution in [3.63, 3.8) is 0 Å². The normalized spacial score (nSPS) is 10.8. The first kappa shape index (κ1) is 25.1. The average molecular weight is 371 g/mol. The van der Waals surface area contributed by atoms with Gasteiger partial charge in [-0.25, -0.2) is 4.79 Å². The van der Waals surface area contributed by atoms with Crippen LogP contribution >= 0.6 is 0 Å². The lowest BCUT2D eigenvalue weighted by Crippen LogP contribution is -2.14. The number of carbonyl (C=O) groups excluding carboxylic acids is 2. The lowest BCUT2D eigenvalue weighted by atomic mass is 10.0. The Bertz CT molecular complexity index is 305. The van der Waals surface area contributed by atoms with Crippen molar-refractivity contribution in [1.29, 1.82) is 0 Å². The van der Waals surface area contributed by atoms with Gasteiger partial charge < -0.3 is 14.3 Å². The van der Waals surface area contributed by atoms with Gasteiger partial charge in [0, 0.05) is 0 Å². The molecule has 0 radical (unpaired) electrons. The van der Waals surface area contributed by atoms with Crippen LogP contribution in [0.2, 0.25) is 0 Å². The summed E-state index contributed by atoms with van der Waals surface area (Å²) in [5.41, 5.74) is 0. The summed E-state index contributed by atoms with van der Waals surface area (Å²) in [6.07, 6.45) is 21.9. The topological polar surface area (TPSA) is 52.6 Å². The Morgan fingerprint density at radius 2 is 1.12 bits per heavy atom. The first-order valence-electron chi connectivity index (χ1n) is 11.0. The number of rotatable bonds is 21. The standard InChI is InChI=1S/C22H42O4/c1-2-3-4-5-6-7-8-9-10-11-12-13-14-15-16-17-19-26-22(24)21-25-20-18-23/h18H,2-17,19-21H2,1H3. The molecule has 0 saturated heterocycles. The van der Waals surface area contributed by atoms with Crippen LogP contribution in [0.15, 0.2) is 0 Å². The molecule has 0 fully saturated rings. The highest BCUT2D eigenvalue weighted by Gasteiger charge is 2.02.